The number of ether oxygens (including phenoxy) is 2. The molecule has 6 rings (SSSR count). The van der Waals surface area contributed by atoms with Gasteiger partial charge in [-0.3, -0.25) is 4.79 Å². The summed E-state index contributed by atoms with van der Waals surface area (Å²) in [5.41, 5.74) is -4.04. The van der Waals surface area contributed by atoms with Crippen LogP contribution in [0.5, 0.6) is 0 Å². The second kappa shape index (κ2) is 10.2. The van der Waals surface area contributed by atoms with Crippen LogP contribution in [0.2, 0.25) is 0 Å². The molecule has 1 aliphatic heterocycles. The number of allylic oxidation sites excluding steroid dienone is 1. The fourth-order valence-corrected chi connectivity index (χ4v) is 9.58. The van der Waals surface area contributed by atoms with Crippen molar-refractivity contribution in [3.63, 3.8) is 0 Å². The Balaban J connectivity index is 1.44. The number of fused-ring (bicyclic) bond motifs is 5. The largest absolute Gasteiger partial charge is 0.460 e. The molecular formula is C32H35F9O4. The molecule has 0 radical (unpaired) electrons. The second-order valence-electron chi connectivity index (χ2n) is 13.8. The van der Waals surface area contributed by atoms with Crippen molar-refractivity contribution in [2.75, 3.05) is 13.2 Å². The number of ketones is 1. The summed E-state index contributed by atoms with van der Waals surface area (Å²) in [5.74, 6) is -23.5. The SMILES string of the molecule is CC(=O)c1ccc([C@H]2C[C@@]3(C)[C@@H](CC[C@@]3(O)C(F)(F)C(F)(F)C(F)(F)C(F)(F)F)[C@@H]3CC=C4CC5(CC[C@@H]4[C@H]32)OCCO5)cc1. The first kappa shape index (κ1) is 32.8. The number of hydrogen-bond acceptors (Lipinski definition) is 4. The monoisotopic (exact) mass is 654 g/mol. The lowest BCUT2D eigenvalue weighted by atomic mass is 9.46. The first-order valence-corrected chi connectivity index (χ1v) is 15.2. The molecule has 0 amide bonds. The van der Waals surface area contributed by atoms with Crippen LogP contribution in [-0.2, 0) is 9.47 Å². The van der Waals surface area contributed by atoms with E-state index in [2.05, 4.69) is 0 Å². The highest BCUT2D eigenvalue weighted by Gasteiger charge is 2.88. The quantitative estimate of drug-likeness (QED) is 0.198. The Labute approximate surface area is 254 Å². The minimum Gasteiger partial charge on any atom is -0.383 e. The number of alkyl halides is 9. The van der Waals surface area contributed by atoms with Crippen LogP contribution in [0.3, 0.4) is 0 Å². The third-order valence-corrected chi connectivity index (χ3v) is 11.8. The van der Waals surface area contributed by atoms with Gasteiger partial charge in [0.05, 0.1) is 13.2 Å². The number of carbonyl (C=O) groups is 1. The lowest BCUT2D eigenvalue weighted by Gasteiger charge is -2.60. The summed E-state index contributed by atoms with van der Waals surface area (Å²) >= 11 is 0. The van der Waals surface area contributed by atoms with Crippen LogP contribution in [0, 0.1) is 29.1 Å². The zero-order valence-corrected chi connectivity index (χ0v) is 24.7. The molecule has 3 saturated carbocycles. The molecule has 4 aliphatic carbocycles. The Morgan fingerprint density at radius 2 is 1.51 bits per heavy atom. The van der Waals surface area contributed by atoms with Gasteiger partial charge in [0.1, 0.15) is 5.60 Å². The summed E-state index contributed by atoms with van der Waals surface area (Å²) in [7, 11) is 0. The average molecular weight is 655 g/mol. The van der Waals surface area contributed by atoms with Crippen LogP contribution in [0.15, 0.2) is 35.9 Å². The van der Waals surface area contributed by atoms with Crippen LogP contribution < -0.4 is 0 Å². The number of Topliss-reactive ketones (excluding diaryl/α,β-unsaturated/α-hetero) is 1. The van der Waals surface area contributed by atoms with Crippen LogP contribution in [0.25, 0.3) is 0 Å². The molecule has 45 heavy (non-hydrogen) atoms. The van der Waals surface area contributed by atoms with Crippen molar-refractivity contribution in [1.29, 1.82) is 0 Å². The van der Waals surface area contributed by atoms with E-state index in [0.29, 0.717) is 50.0 Å². The normalized spacial score (nSPS) is 36.7. The summed E-state index contributed by atoms with van der Waals surface area (Å²) < 4.78 is 141. The van der Waals surface area contributed by atoms with Crippen molar-refractivity contribution in [2.24, 2.45) is 29.1 Å². The zero-order valence-electron chi connectivity index (χ0n) is 24.7. The number of halogens is 9. The number of carbonyl (C=O) groups excluding carboxylic acids is 1. The van der Waals surface area contributed by atoms with Crippen molar-refractivity contribution < 1.29 is 58.9 Å². The van der Waals surface area contributed by atoms with Gasteiger partial charge in [-0.1, -0.05) is 42.8 Å². The highest BCUT2D eigenvalue weighted by atomic mass is 19.4. The van der Waals surface area contributed by atoms with E-state index in [-0.39, 0.29) is 30.5 Å². The zero-order chi connectivity index (χ0) is 33.0. The topological polar surface area (TPSA) is 55.8 Å². The van der Waals surface area contributed by atoms with Crippen molar-refractivity contribution in [1.82, 2.24) is 0 Å². The van der Waals surface area contributed by atoms with E-state index in [1.54, 1.807) is 24.3 Å². The van der Waals surface area contributed by atoms with E-state index in [4.69, 9.17) is 9.47 Å². The van der Waals surface area contributed by atoms with Crippen LogP contribution in [0.1, 0.15) is 80.6 Å². The number of rotatable bonds is 5. The predicted molar refractivity (Wildman–Crippen MR) is 142 cm³/mol. The molecule has 4 fully saturated rings. The van der Waals surface area contributed by atoms with E-state index in [9.17, 15) is 40.6 Å². The molecule has 1 heterocycles. The molecule has 1 N–H and O–H groups in total. The van der Waals surface area contributed by atoms with Crippen LogP contribution in [0.4, 0.5) is 39.5 Å². The maximum absolute atomic E-state index is 15.8. The van der Waals surface area contributed by atoms with Gasteiger partial charge in [-0.25, -0.2) is 0 Å². The highest BCUT2D eigenvalue weighted by Crippen LogP contribution is 2.72. The highest BCUT2D eigenvalue weighted by molar-refractivity contribution is 5.94. The van der Waals surface area contributed by atoms with Gasteiger partial charge in [0.25, 0.3) is 0 Å². The lowest BCUT2D eigenvalue weighted by molar-refractivity contribution is -0.425. The molecule has 13 heteroatoms. The molecular weight excluding hydrogens is 619 g/mol. The smallest absolute Gasteiger partial charge is 0.383 e. The fourth-order valence-electron chi connectivity index (χ4n) is 9.58. The summed E-state index contributed by atoms with van der Waals surface area (Å²) in [6.07, 6.45) is -4.75. The maximum Gasteiger partial charge on any atom is 0.460 e. The molecule has 0 unspecified atom stereocenters. The Bertz CT molecular complexity index is 1370. The minimum absolute atomic E-state index is 0.0885. The molecule has 1 aromatic rings. The van der Waals surface area contributed by atoms with E-state index in [1.807, 2.05) is 6.08 Å². The summed E-state index contributed by atoms with van der Waals surface area (Å²) in [5, 5.41) is 11.6. The van der Waals surface area contributed by atoms with Gasteiger partial charge in [-0.15, -0.1) is 0 Å². The molecule has 5 aliphatic rings. The van der Waals surface area contributed by atoms with E-state index < -0.39 is 64.9 Å². The molecule has 250 valence electrons. The standard InChI is InChI=1S/C32H35F9O4/c1-17(42)18-3-5-19(6-4-18)23-16-26(2)24(10-12-28(26,43)29(33,34)30(35,36)31(37,38)32(39,40)41)22-8-7-20-15-27(44-13-14-45-27)11-9-21(20)25(22)23/h3-7,21-25,43H,8-16H2,1-2H3/t21-,22-,23+,24-,25+,26-,28-/m0/s1. The molecule has 0 bridgehead atoms. The fraction of sp³-hybridized carbons (Fsp3) is 0.719. The van der Waals surface area contributed by atoms with E-state index in [1.165, 1.54) is 6.92 Å². The van der Waals surface area contributed by atoms with Gasteiger partial charge in [-0.2, -0.15) is 39.5 Å². The first-order valence-electron chi connectivity index (χ1n) is 15.2. The second-order valence-corrected chi connectivity index (χ2v) is 13.8. The Hall–Kier alpha value is -2.12. The van der Waals surface area contributed by atoms with Gasteiger partial charge in [0.15, 0.2) is 11.6 Å². The molecule has 7 atom stereocenters. The van der Waals surface area contributed by atoms with Gasteiger partial charge in [-0.05, 0) is 74.2 Å². The summed E-state index contributed by atoms with van der Waals surface area (Å²) in [6, 6.07) is 6.35. The summed E-state index contributed by atoms with van der Waals surface area (Å²) in [4.78, 5) is 12.0. The molecule has 0 aromatic heterocycles. The molecule has 1 aromatic carbocycles. The molecule has 1 spiro atoms. The van der Waals surface area contributed by atoms with Gasteiger partial charge in [0, 0.05) is 23.8 Å². The number of hydrogen-bond donors (Lipinski definition) is 1. The van der Waals surface area contributed by atoms with E-state index >= 15 is 8.78 Å². The Kier molecular flexibility index (Phi) is 7.43. The van der Waals surface area contributed by atoms with Gasteiger partial charge in [0.2, 0.25) is 0 Å². The van der Waals surface area contributed by atoms with Gasteiger partial charge < -0.3 is 14.6 Å². The van der Waals surface area contributed by atoms with Crippen molar-refractivity contribution in [3.05, 3.63) is 47.0 Å². The van der Waals surface area contributed by atoms with Crippen molar-refractivity contribution >= 4 is 5.78 Å². The Morgan fingerprint density at radius 3 is 2.09 bits per heavy atom. The van der Waals surface area contributed by atoms with Crippen molar-refractivity contribution in [2.45, 2.75) is 100 Å². The van der Waals surface area contributed by atoms with Crippen LogP contribution in [-0.4, -0.2) is 59.4 Å². The summed E-state index contributed by atoms with van der Waals surface area (Å²) in [6.45, 7) is 3.38. The molecule has 1 saturated heterocycles. The third kappa shape index (κ3) is 4.41. The Morgan fingerprint density at radius 1 is 0.889 bits per heavy atom. The number of aliphatic hydroxyl groups is 1. The van der Waals surface area contributed by atoms with E-state index in [0.717, 1.165) is 12.5 Å². The maximum atomic E-state index is 15.8. The predicted octanol–water partition coefficient (Wildman–Crippen LogP) is 8.10. The van der Waals surface area contributed by atoms with Crippen LogP contribution >= 0.6 is 0 Å². The first-order chi connectivity index (χ1) is 20.7. The van der Waals surface area contributed by atoms with Crippen molar-refractivity contribution in [3.8, 4) is 0 Å². The van der Waals surface area contributed by atoms with Gasteiger partial charge >= 0.3 is 23.9 Å². The number of benzene rings is 1. The third-order valence-electron chi connectivity index (χ3n) is 11.8. The average Bonchev–Trinajstić information content (AvgIpc) is 3.53. The molecule has 4 nitrogen and oxygen atoms in total. The lowest BCUT2D eigenvalue weighted by Crippen LogP contribution is -2.72. The minimum atomic E-state index is -7.10.